The van der Waals surface area contributed by atoms with Crippen LogP contribution in [0.4, 0.5) is 4.79 Å². The molecule has 1 heterocycles. The lowest BCUT2D eigenvalue weighted by Crippen LogP contribution is -2.59. The summed E-state index contributed by atoms with van der Waals surface area (Å²) in [6.45, 7) is 1.13. The number of aliphatic hydroxyl groups is 1. The first-order valence-corrected chi connectivity index (χ1v) is 11.4. The summed E-state index contributed by atoms with van der Waals surface area (Å²) in [5.41, 5.74) is 0.0882. The second-order valence-electron chi connectivity index (χ2n) is 10.0. The van der Waals surface area contributed by atoms with E-state index in [-0.39, 0.29) is 30.1 Å². The van der Waals surface area contributed by atoms with Crippen molar-refractivity contribution in [1.29, 1.82) is 0 Å². The van der Waals surface area contributed by atoms with Gasteiger partial charge in [0.1, 0.15) is 0 Å². The zero-order valence-electron chi connectivity index (χ0n) is 18.7. The van der Waals surface area contributed by atoms with Gasteiger partial charge in [-0.3, -0.25) is 9.69 Å². The van der Waals surface area contributed by atoms with E-state index in [9.17, 15) is 14.7 Å². The van der Waals surface area contributed by atoms with Crippen molar-refractivity contribution in [3.63, 3.8) is 0 Å². The molecule has 1 saturated heterocycles. The van der Waals surface area contributed by atoms with E-state index in [1.165, 1.54) is 5.56 Å². The lowest BCUT2D eigenvalue weighted by Gasteiger charge is -2.52. The van der Waals surface area contributed by atoms with E-state index in [0.29, 0.717) is 13.1 Å². The smallest absolute Gasteiger partial charge is 0.320 e. The number of urea groups is 1. The lowest BCUT2D eigenvalue weighted by molar-refractivity contribution is -0.137. The second-order valence-corrected chi connectivity index (χ2v) is 10.0. The summed E-state index contributed by atoms with van der Waals surface area (Å²) in [6, 6.07) is 10.5. The van der Waals surface area contributed by atoms with Crippen molar-refractivity contribution in [3.8, 4) is 0 Å². The van der Waals surface area contributed by atoms with Crippen LogP contribution in [-0.4, -0.2) is 81.8 Å². The van der Waals surface area contributed by atoms with Gasteiger partial charge in [0, 0.05) is 18.6 Å². The number of rotatable bonds is 7. The van der Waals surface area contributed by atoms with E-state index in [1.54, 1.807) is 4.90 Å². The number of hydrogen-bond donors (Lipinski definition) is 2. The van der Waals surface area contributed by atoms with E-state index < -0.39 is 11.6 Å². The molecule has 0 aromatic heterocycles. The van der Waals surface area contributed by atoms with Crippen molar-refractivity contribution in [2.24, 2.45) is 0 Å². The van der Waals surface area contributed by atoms with Gasteiger partial charge in [-0.05, 0) is 64.6 Å². The number of carboxylic acid groups (broad SMARTS) is 1. The SMILES string of the molecule is CN(C)[C@]1(c2ccccc2)CC[C@]2(CC1)CN(CCC(=O)O)C(=O)N2CC1(O)CCC1. The van der Waals surface area contributed by atoms with Crippen LogP contribution in [0.15, 0.2) is 30.3 Å². The van der Waals surface area contributed by atoms with Crippen molar-refractivity contribution in [2.45, 2.75) is 68.0 Å². The summed E-state index contributed by atoms with van der Waals surface area (Å²) in [7, 11) is 4.25. The number of β-amino-alcohol motifs (C(OH)–C–C–N with tert-alkyl or cyclic N) is 1. The van der Waals surface area contributed by atoms with Crippen molar-refractivity contribution < 1.29 is 19.8 Å². The Balaban J connectivity index is 1.59. The fourth-order valence-corrected chi connectivity index (χ4v) is 5.86. The highest BCUT2D eigenvalue weighted by atomic mass is 16.4. The molecule has 1 aromatic rings. The fourth-order valence-electron chi connectivity index (χ4n) is 5.86. The van der Waals surface area contributed by atoms with Crippen LogP contribution in [0.3, 0.4) is 0 Å². The summed E-state index contributed by atoms with van der Waals surface area (Å²) in [5.74, 6) is -0.891. The van der Waals surface area contributed by atoms with Crippen molar-refractivity contribution in [2.75, 3.05) is 33.7 Å². The van der Waals surface area contributed by atoms with Crippen LogP contribution < -0.4 is 0 Å². The maximum Gasteiger partial charge on any atom is 0.320 e. The van der Waals surface area contributed by atoms with Crippen molar-refractivity contribution in [1.82, 2.24) is 14.7 Å². The third-order valence-electron chi connectivity index (χ3n) is 8.07. The number of nitrogens with zero attached hydrogens (tertiary/aromatic N) is 3. The van der Waals surface area contributed by atoms with Gasteiger partial charge in [0.05, 0.1) is 24.1 Å². The minimum atomic E-state index is -0.891. The van der Waals surface area contributed by atoms with Gasteiger partial charge in [0.25, 0.3) is 0 Å². The van der Waals surface area contributed by atoms with Crippen LogP contribution >= 0.6 is 0 Å². The number of benzene rings is 1. The second kappa shape index (κ2) is 8.10. The van der Waals surface area contributed by atoms with Crippen LogP contribution in [0.5, 0.6) is 0 Å². The molecule has 31 heavy (non-hydrogen) atoms. The summed E-state index contributed by atoms with van der Waals surface area (Å²) >= 11 is 0. The number of aliphatic carboxylic acids is 1. The Labute approximate surface area is 184 Å². The number of carbonyl (C=O) groups is 2. The van der Waals surface area contributed by atoms with E-state index in [1.807, 2.05) is 11.0 Å². The summed E-state index contributed by atoms with van der Waals surface area (Å²) in [4.78, 5) is 30.3. The summed E-state index contributed by atoms with van der Waals surface area (Å²) in [5, 5.41) is 20.0. The van der Waals surface area contributed by atoms with Crippen LogP contribution in [0.2, 0.25) is 0 Å². The van der Waals surface area contributed by atoms with Gasteiger partial charge in [-0.25, -0.2) is 4.79 Å². The highest BCUT2D eigenvalue weighted by Crippen LogP contribution is 2.50. The number of amides is 2. The molecule has 0 radical (unpaired) electrons. The Hall–Kier alpha value is -2.12. The molecule has 1 spiro atoms. The molecule has 4 rings (SSSR count). The first-order valence-electron chi connectivity index (χ1n) is 11.4. The van der Waals surface area contributed by atoms with Gasteiger partial charge in [-0.1, -0.05) is 30.3 Å². The molecule has 1 aromatic carbocycles. The Morgan fingerprint density at radius 3 is 2.23 bits per heavy atom. The van der Waals surface area contributed by atoms with Gasteiger partial charge >= 0.3 is 12.0 Å². The maximum absolute atomic E-state index is 13.3. The third kappa shape index (κ3) is 3.94. The molecule has 2 amide bonds. The molecule has 7 heteroatoms. The Morgan fingerprint density at radius 1 is 1.06 bits per heavy atom. The topological polar surface area (TPSA) is 84.3 Å². The minimum absolute atomic E-state index is 0.0500. The highest BCUT2D eigenvalue weighted by Gasteiger charge is 2.56. The average molecular weight is 430 g/mol. The molecule has 2 aliphatic carbocycles. The standard InChI is InChI=1S/C24H35N3O4/c1-25(2)24(19-7-4-3-5-8-19)14-12-22(13-15-24)17-26(16-9-20(28)29)21(30)27(22)18-23(31)10-6-11-23/h3-5,7-8,31H,6,9-18H2,1-2H3,(H,28,29)/t22-,24+. The molecular weight excluding hydrogens is 394 g/mol. The monoisotopic (exact) mass is 429 g/mol. The predicted molar refractivity (Wildman–Crippen MR) is 118 cm³/mol. The minimum Gasteiger partial charge on any atom is -0.481 e. The molecule has 3 fully saturated rings. The van der Waals surface area contributed by atoms with E-state index >= 15 is 0 Å². The zero-order chi connectivity index (χ0) is 22.3. The van der Waals surface area contributed by atoms with Crippen LogP contribution in [0, 0.1) is 0 Å². The number of carbonyl (C=O) groups excluding carboxylic acids is 1. The Bertz CT molecular complexity index is 813. The third-order valence-corrected chi connectivity index (χ3v) is 8.07. The van der Waals surface area contributed by atoms with Gasteiger partial charge in [-0.2, -0.15) is 0 Å². The highest BCUT2D eigenvalue weighted by molar-refractivity contribution is 5.79. The van der Waals surface area contributed by atoms with Gasteiger partial charge in [0.2, 0.25) is 0 Å². The molecule has 0 bridgehead atoms. The Morgan fingerprint density at radius 2 is 1.71 bits per heavy atom. The molecular formula is C24H35N3O4. The fraction of sp³-hybridized carbons (Fsp3) is 0.667. The van der Waals surface area contributed by atoms with E-state index in [0.717, 1.165) is 44.9 Å². The van der Waals surface area contributed by atoms with E-state index in [4.69, 9.17) is 5.11 Å². The van der Waals surface area contributed by atoms with Gasteiger partial charge < -0.3 is 20.0 Å². The molecule has 0 atom stereocenters. The lowest BCUT2D eigenvalue weighted by atomic mass is 9.67. The molecule has 2 N–H and O–H groups in total. The van der Waals surface area contributed by atoms with Gasteiger partial charge in [-0.15, -0.1) is 0 Å². The van der Waals surface area contributed by atoms with Crippen LogP contribution in [0.25, 0.3) is 0 Å². The number of hydrogen-bond acceptors (Lipinski definition) is 4. The first-order chi connectivity index (χ1) is 14.7. The first kappa shape index (κ1) is 22.1. The molecule has 2 saturated carbocycles. The quantitative estimate of drug-likeness (QED) is 0.696. The van der Waals surface area contributed by atoms with Crippen LogP contribution in [-0.2, 0) is 10.3 Å². The summed E-state index contributed by atoms with van der Waals surface area (Å²) < 4.78 is 0. The Kier molecular flexibility index (Phi) is 5.77. The van der Waals surface area contributed by atoms with Crippen molar-refractivity contribution >= 4 is 12.0 Å². The molecule has 3 aliphatic rings. The molecule has 1 aliphatic heterocycles. The summed E-state index contributed by atoms with van der Waals surface area (Å²) in [6.07, 6.45) is 5.91. The van der Waals surface area contributed by atoms with E-state index in [2.05, 4.69) is 43.3 Å². The van der Waals surface area contributed by atoms with Crippen LogP contribution in [0.1, 0.15) is 56.9 Å². The zero-order valence-corrected chi connectivity index (χ0v) is 18.7. The largest absolute Gasteiger partial charge is 0.481 e. The van der Waals surface area contributed by atoms with Gasteiger partial charge in [0.15, 0.2) is 0 Å². The maximum atomic E-state index is 13.3. The molecule has 0 unspecified atom stereocenters. The predicted octanol–water partition coefficient (Wildman–Crippen LogP) is 2.88. The molecule has 7 nitrogen and oxygen atoms in total. The molecule has 170 valence electrons. The van der Waals surface area contributed by atoms with Crippen molar-refractivity contribution in [3.05, 3.63) is 35.9 Å². The number of carboxylic acids is 1. The normalized spacial score (nSPS) is 30.1. The average Bonchev–Trinajstić information content (AvgIpc) is 2.98.